The number of carboxylic acids is 1. The van der Waals surface area contributed by atoms with Gasteiger partial charge in [-0.05, 0) is 36.5 Å². The standard InChI is InChI=1S/C15H19NO3/c1-3-11-4-6-12(7-5-11)14(17)16-9-8-10(2)13(16)15(18)19/h4-7,10,13H,3,8-9H2,1-2H3,(H,18,19). The molecule has 4 heteroatoms. The minimum atomic E-state index is -0.913. The topological polar surface area (TPSA) is 57.6 Å². The molecule has 0 saturated carbocycles. The van der Waals surface area contributed by atoms with Crippen molar-refractivity contribution in [3.63, 3.8) is 0 Å². The van der Waals surface area contributed by atoms with Crippen molar-refractivity contribution in [2.24, 2.45) is 5.92 Å². The molecule has 0 spiro atoms. The summed E-state index contributed by atoms with van der Waals surface area (Å²) in [5, 5.41) is 9.24. The maximum atomic E-state index is 12.4. The van der Waals surface area contributed by atoms with E-state index in [1.54, 1.807) is 12.1 Å². The molecule has 1 amide bonds. The molecule has 0 bridgehead atoms. The molecule has 1 fully saturated rings. The molecule has 19 heavy (non-hydrogen) atoms. The Morgan fingerprint density at radius 1 is 1.32 bits per heavy atom. The van der Waals surface area contributed by atoms with E-state index in [9.17, 15) is 14.7 Å². The van der Waals surface area contributed by atoms with Crippen LogP contribution < -0.4 is 0 Å². The van der Waals surface area contributed by atoms with E-state index in [1.807, 2.05) is 19.1 Å². The summed E-state index contributed by atoms with van der Waals surface area (Å²) in [4.78, 5) is 25.1. The maximum absolute atomic E-state index is 12.4. The highest BCUT2D eigenvalue weighted by molar-refractivity contribution is 5.97. The molecule has 1 aliphatic rings. The van der Waals surface area contributed by atoms with E-state index in [-0.39, 0.29) is 11.8 Å². The lowest BCUT2D eigenvalue weighted by atomic mass is 10.0. The predicted octanol–water partition coefficient (Wildman–Crippen LogP) is 2.18. The molecule has 1 saturated heterocycles. The first-order valence-electron chi connectivity index (χ1n) is 6.67. The summed E-state index contributed by atoms with van der Waals surface area (Å²) in [6.07, 6.45) is 1.67. The van der Waals surface area contributed by atoms with Crippen molar-refractivity contribution in [2.45, 2.75) is 32.7 Å². The molecule has 0 aromatic heterocycles. The largest absolute Gasteiger partial charge is 0.480 e. The van der Waals surface area contributed by atoms with Gasteiger partial charge in [0.15, 0.2) is 0 Å². The van der Waals surface area contributed by atoms with E-state index in [4.69, 9.17) is 0 Å². The normalized spacial score (nSPS) is 22.5. The van der Waals surface area contributed by atoms with E-state index in [2.05, 4.69) is 6.92 Å². The number of carbonyl (C=O) groups is 2. The van der Waals surface area contributed by atoms with Gasteiger partial charge >= 0.3 is 5.97 Å². The molecular formula is C15H19NO3. The predicted molar refractivity (Wildman–Crippen MR) is 72.1 cm³/mol. The molecule has 0 radical (unpaired) electrons. The summed E-state index contributed by atoms with van der Waals surface area (Å²) in [6.45, 7) is 4.46. The van der Waals surface area contributed by atoms with Crippen molar-refractivity contribution in [3.8, 4) is 0 Å². The molecule has 4 nitrogen and oxygen atoms in total. The van der Waals surface area contributed by atoms with Crippen LogP contribution >= 0.6 is 0 Å². The first-order valence-corrected chi connectivity index (χ1v) is 6.67. The van der Waals surface area contributed by atoms with Crippen LogP contribution in [-0.2, 0) is 11.2 Å². The highest BCUT2D eigenvalue weighted by Gasteiger charge is 2.39. The van der Waals surface area contributed by atoms with Crippen molar-refractivity contribution in [1.82, 2.24) is 4.90 Å². The summed E-state index contributed by atoms with van der Waals surface area (Å²) in [7, 11) is 0. The van der Waals surface area contributed by atoms with Crippen LogP contribution in [0.1, 0.15) is 36.2 Å². The van der Waals surface area contributed by atoms with E-state index in [1.165, 1.54) is 10.5 Å². The Morgan fingerprint density at radius 2 is 1.95 bits per heavy atom. The van der Waals surface area contributed by atoms with Gasteiger partial charge in [0.2, 0.25) is 0 Å². The lowest BCUT2D eigenvalue weighted by Gasteiger charge is -2.23. The van der Waals surface area contributed by atoms with Gasteiger partial charge < -0.3 is 10.0 Å². The third kappa shape index (κ3) is 2.62. The Kier molecular flexibility index (Phi) is 3.88. The van der Waals surface area contributed by atoms with Crippen LogP contribution in [0.4, 0.5) is 0 Å². The highest BCUT2D eigenvalue weighted by Crippen LogP contribution is 2.26. The zero-order valence-corrected chi connectivity index (χ0v) is 11.3. The molecule has 1 heterocycles. The summed E-state index contributed by atoms with van der Waals surface area (Å²) >= 11 is 0. The van der Waals surface area contributed by atoms with Gasteiger partial charge in [-0.25, -0.2) is 4.79 Å². The third-order valence-electron chi connectivity index (χ3n) is 3.82. The van der Waals surface area contributed by atoms with Crippen LogP contribution in [0.5, 0.6) is 0 Å². The van der Waals surface area contributed by atoms with E-state index < -0.39 is 12.0 Å². The van der Waals surface area contributed by atoms with Crippen LogP contribution in [0.25, 0.3) is 0 Å². The quantitative estimate of drug-likeness (QED) is 0.907. The molecule has 1 aromatic carbocycles. The number of hydrogen-bond donors (Lipinski definition) is 1. The molecule has 2 atom stereocenters. The Balaban J connectivity index is 2.20. The molecule has 0 aliphatic carbocycles. The molecule has 2 rings (SSSR count). The van der Waals surface area contributed by atoms with E-state index in [0.717, 1.165) is 12.8 Å². The van der Waals surface area contributed by atoms with Crippen LogP contribution in [0.3, 0.4) is 0 Å². The number of aliphatic carboxylic acids is 1. The molecule has 2 unspecified atom stereocenters. The lowest BCUT2D eigenvalue weighted by Crippen LogP contribution is -2.42. The fraction of sp³-hybridized carbons (Fsp3) is 0.467. The molecule has 1 aromatic rings. The molecule has 1 aliphatic heterocycles. The van der Waals surface area contributed by atoms with Crippen LogP contribution in [0.2, 0.25) is 0 Å². The summed E-state index contributed by atoms with van der Waals surface area (Å²) < 4.78 is 0. The van der Waals surface area contributed by atoms with Crippen molar-refractivity contribution in [2.75, 3.05) is 6.54 Å². The number of rotatable bonds is 3. The molecule has 1 N–H and O–H groups in total. The number of nitrogens with zero attached hydrogens (tertiary/aromatic N) is 1. The summed E-state index contributed by atoms with van der Waals surface area (Å²) in [6, 6.07) is 6.70. The van der Waals surface area contributed by atoms with Crippen molar-refractivity contribution in [1.29, 1.82) is 0 Å². The second-order valence-corrected chi connectivity index (χ2v) is 5.10. The first kappa shape index (κ1) is 13.6. The number of likely N-dealkylation sites (tertiary alicyclic amines) is 1. The van der Waals surface area contributed by atoms with E-state index in [0.29, 0.717) is 12.1 Å². The maximum Gasteiger partial charge on any atom is 0.326 e. The molecular weight excluding hydrogens is 242 g/mol. The fourth-order valence-electron chi connectivity index (χ4n) is 2.60. The summed E-state index contributed by atoms with van der Waals surface area (Å²) in [5.41, 5.74) is 1.73. The second kappa shape index (κ2) is 5.43. The number of hydrogen-bond acceptors (Lipinski definition) is 2. The van der Waals surface area contributed by atoms with Crippen LogP contribution in [0, 0.1) is 5.92 Å². The van der Waals surface area contributed by atoms with Crippen LogP contribution in [-0.4, -0.2) is 34.5 Å². The van der Waals surface area contributed by atoms with Gasteiger partial charge in [-0.1, -0.05) is 26.0 Å². The van der Waals surface area contributed by atoms with Crippen molar-refractivity contribution >= 4 is 11.9 Å². The number of aryl methyl sites for hydroxylation is 1. The zero-order chi connectivity index (χ0) is 14.0. The summed E-state index contributed by atoms with van der Waals surface area (Å²) in [5.74, 6) is -1.08. The first-order chi connectivity index (χ1) is 9.04. The third-order valence-corrected chi connectivity index (χ3v) is 3.82. The smallest absolute Gasteiger partial charge is 0.326 e. The minimum absolute atomic E-state index is 0.0105. The zero-order valence-electron chi connectivity index (χ0n) is 11.3. The highest BCUT2D eigenvalue weighted by atomic mass is 16.4. The van der Waals surface area contributed by atoms with Gasteiger partial charge in [0, 0.05) is 12.1 Å². The number of carbonyl (C=O) groups excluding carboxylic acids is 1. The Morgan fingerprint density at radius 3 is 2.47 bits per heavy atom. The van der Waals surface area contributed by atoms with Gasteiger partial charge in [0.25, 0.3) is 5.91 Å². The van der Waals surface area contributed by atoms with Gasteiger partial charge in [0.05, 0.1) is 0 Å². The molecule has 102 valence electrons. The number of carboxylic acid groups (broad SMARTS) is 1. The van der Waals surface area contributed by atoms with Gasteiger partial charge in [0.1, 0.15) is 6.04 Å². The monoisotopic (exact) mass is 261 g/mol. The van der Waals surface area contributed by atoms with Crippen LogP contribution in [0.15, 0.2) is 24.3 Å². The number of benzene rings is 1. The Labute approximate surface area is 113 Å². The Bertz CT molecular complexity index is 481. The number of amides is 1. The van der Waals surface area contributed by atoms with Crippen molar-refractivity contribution < 1.29 is 14.7 Å². The second-order valence-electron chi connectivity index (χ2n) is 5.10. The van der Waals surface area contributed by atoms with Gasteiger partial charge in [-0.3, -0.25) is 4.79 Å². The average Bonchev–Trinajstić information content (AvgIpc) is 2.80. The minimum Gasteiger partial charge on any atom is -0.480 e. The van der Waals surface area contributed by atoms with Gasteiger partial charge in [-0.2, -0.15) is 0 Å². The van der Waals surface area contributed by atoms with Crippen molar-refractivity contribution in [3.05, 3.63) is 35.4 Å². The lowest BCUT2D eigenvalue weighted by molar-refractivity contribution is -0.142. The SMILES string of the molecule is CCc1ccc(C(=O)N2CCC(C)C2C(=O)O)cc1. The van der Waals surface area contributed by atoms with E-state index >= 15 is 0 Å². The van der Waals surface area contributed by atoms with Gasteiger partial charge in [-0.15, -0.1) is 0 Å². The average molecular weight is 261 g/mol. The fourth-order valence-corrected chi connectivity index (χ4v) is 2.60. The Hall–Kier alpha value is -1.84.